The number of benzene rings is 2. The molecule has 2 amide bonds. The number of carbonyl (C=O) groups excluding carboxylic acids is 2. The summed E-state index contributed by atoms with van der Waals surface area (Å²) in [7, 11) is -2.20. The van der Waals surface area contributed by atoms with Gasteiger partial charge in [-0.1, -0.05) is 45.0 Å². The van der Waals surface area contributed by atoms with Crippen molar-refractivity contribution in [3.05, 3.63) is 59.7 Å². The van der Waals surface area contributed by atoms with Crippen LogP contribution in [0, 0.1) is 5.92 Å². The molecule has 2 rings (SSSR count). The minimum atomic E-state index is -3.75. The Morgan fingerprint density at radius 3 is 2.23 bits per heavy atom. The average Bonchev–Trinajstić information content (AvgIpc) is 2.83. The first kappa shape index (κ1) is 28.2. The van der Waals surface area contributed by atoms with Crippen LogP contribution in [0.25, 0.3) is 0 Å². The maximum atomic E-state index is 13.5. The van der Waals surface area contributed by atoms with E-state index in [9.17, 15) is 18.0 Å². The monoisotopic (exact) mass is 503 g/mol. The van der Waals surface area contributed by atoms with E-state index in [2.05, 4.69) is 5.32 Å². The van der Waals surface area contributed by atoms with Crippen LogP contribution in [-0.4, -0.2) is 57.6 Å². The summed E-state index contributed by atoms with van der Waals surface area (Å²) in [4.78, 5) is 27.8. The topological polar surface area (TPSA) is 96.0 Å². The molecule has 0 saturated carbocycles. The van der Waals surface area contributed by atoms with Gasteiger partial charge in [0.15, 0.2) is 0 Å². The zero-order chi connectivity index (χ0) is 26.2. The number of hydrogen-bond donors (Lipinski definition) is 1. The molecule has 9 heteroatoms. The highest BCUT2D eigenvalue weighted by Crippen LogP contribution is 2.21. The number of ether oxygens (including phenoxy) is 1. The second kappa shape index (κ2) is 12.6. The quantitative estimate of drug-likeness (QED) is 0.480. The molecule has 35 heavy (non-hydrogen) atoms. The number of nitrogens with zero attached hydrogens (tertiary/aromatic N) is 2. The van der Waals surface area contributed by atoms with Gasteiger partial charge < -0.3 is 15.0 Å². The molecule has 192 valence electrons. The molecule has 0 heterocycles. The molecule has 0 aliphatic heterocycles. The van der Waals surface area contributed by atoms with Crippen molar-refractivity contribution in [3.8, 4) is 5.75 Å². The zero-order valence-electron chi connectivity index (χ0n) is 21.4. The summed E-state index contributed by atoms with van der Waals surface area (Å²) in [6.07, 6.45) is 1.88. The fourth-order valence-electron chi connectivity index (χ4n) is 3.51. The molecular formula is C26H37N3O5S. The molecule has 2 aromatic rings. The van der Waals surface area contributed by atoms with Crippen LogP contribution in [0.1, 0.15) is 38.8 Å². The fourth-order valence-corrected chi connectivity index (χ4v) is 4.36. The molecule has 0 spiro atoms. The van der Waals surface area contributed by atoms with E-state index in [4.69, 9.17) is 4.74 Å². The van der Waals surface area contributed by atoms with Crippen LogP contribution in [0.3, 0.4) is 0 Å². The van der Waals surface area contributed by atoms with E-state index in [0.29, 0.717) is 18.0 Å². The summed E-state index contributed by atoms with van der Waals surface area (Å²) in [6, 6.07) is 13.5. The van der Waals surface area contributed by atoms with Crippen molar-refractivity contribution in [1.82, 2.24) is 10.2 Å². The number of aryl methyl sites for hydroxylation is 1. The Bertz CT molecular complexity index is 1100. The summed E-state index contributed by atoms with van der Waals surface area (Å²) >= 11 is 0. The molecule has 0 bridgehead atoms. The van der Waals surface area contributed by atoms with E-state index in [1.807, 2.05) is 39.0 Å². The lowest BCUT2D eigenvalue weighted by atomic mass is 10.1. The number of rotatable bonds is 12. The van der Waals surface area contributed by atoms with Gasteiger partial charge in [-0.15, -0.1) is 0 Å². The van der Waals surface area contributed by atoms with Gasteiger partial charge in [0, 0.05) is 13.1 Å². The number of sulfonamides is 1. The lowest BCUT2D eigenvalue weighted by Gasteiger charge is -2.31. The van der Waals surface area contributed by atoms with Gasteiger partial charge in [0.2, 0.25) is 21.8 Å². The Hall–Kier alpha value is -3.07. The molecule has 1 atom stereocenters. The number of nitrogens with one attached hydrogen (secondary N) is 1. The van der Waals surface area contributed by atoms with Crippen LogP contribution in [-0.2, 0) is 32.6 Å². The summed E-state index contributed by atoms with van der Waals surface area (Å²) < 4.78 is 31.6. The normalized spacial score (nSPS) is 12.2. The van der Waals surface area contributed by atoms with Gasteiger partial charge in [0.25, 0.3) is 0 Å². The van der Waals surface area contributed by atoms with Crippen LogP contribution in [0.4, 0.5) is 5.69 Å². The maximum Gasteiger partial charge on any atom is 0.244 e. The van der Waals surface area contributed by atoms with Gasteiger partial charge in [-0.2, -0.15) is 0 Å². The molecule has 8 nitrogen and oxygen atoms in total. The molecule has 0 aliphatic rings. The Kier molecular flexibility index (Phi) is 10.1. The third-order valence-electron chi connectivity index (χ3n) is 5.65. The van der Waals surface area contributed by atoms with Gasteiger partial charge in [-0.3, -0.25) is 13.9 Å². The molecule has 0 radical (unpaired) electrons. The fraction of sp³-hybridized carbons (Fsp3) is 0.462. The van der Waals surface area contributed by atoms with Crippen LogP contribution in [0.5, 0.6) is 5.75 Å². The van der Waals surface area contributed by atoms with Crippen molar-refractivity contribution in [3.63, 3.8) is 0 Å². The van der Waals surface area contributed by atoms with Crippen LogP contribution < -0.4 is 14.4 Å². The van der Waals surface area contributed by atoms with Crippen molar-refractivity contribution in [2.75, 3.05) is 30.8 Å². The van der Waals surface area contributed by atoms with Crippen molar-refractivity contribution in [2.45, 2.75) is 46.7 Å². The van der Waals surface area contributed by atoms with Crippen LogP contribution >= 0.6 is 0 Å². The highest BCUT2D eigenvalue weighted by atomic mass is 32.2. The van der Waals surface area contributed by atoms with Crippen molar-refractivity contribution in [2.24, 2.45) is 5.92 Å². The largest absolute Gasteiger partial charge is 0.497 e. The summed E-state index contributed by atoms with van der Waals surface area (Å²) in [5.41, 5.74) is 2.22. The first-order valence-electron chi connectivity index (χ1n) is 11.7. The molecule has 1 N–H and O–H groups in total. The van der Waals surface area contributed by atoms with Crippen molar-refractivity contribution >= 4 is 27.5 Å². The number of hydrogen-bond acceptors (Lipinski definition) is 5. The minimum Gasteiger partial charge on any atom is -0.497 e. The third-order valence-corrected chi connectivity index (χ3v) is 6.79. The second-order valence-electron chi connectivity index (χ2n) is 8.98. The average molecular weight is 504 g/mol. The standard InChI is InChI=1S/C26H37N3O5S/c1-7-21-11-13-23(14-12-21)29(35(6,32)33)18-25(30)28(20(4)26(31)27-16-19(2)3)17-22-9-8-10-24(15-22)34-5/h8-15,19-20H,7,16-18H2,1-6H3,(H,27,31)/t20-/m1/s1. The molecule has 2 aromatic carbocycles. The summed E-state index contributed by atoms with van der Waals surface area (Å²) in [5.74, 6) is 0.0965. The maximum absolute atomic E-state index is 13.5. The Labute approximate surface area is 209 Å². The van der Waals surface area contributed by atoms with Gasteiger partial charge in [-0.05, 0) is 54.7 Å². The SMILES string of the molecule is CCc1ccc(N(CC(=O)N(Cc2cccc(OC)c2)[C@H](C)C(=O)NCC(C)C)S(C)(=O)=O)cc1. The first-order chi connectivity index (χ1) is 16.5. The molecule has 0 fully saturated rings. The number of amides is 2. The highest BCUT2D eigenvalue weighted by molar-refractivity contribution is 7.92. The van der Waals surface area contributed by atoms with Crippen molar-refractivity contribution < 1.29 is 22.7 Å². The zero-order valence-corrected chi connectivity index (χ0v) is 22.3. The Balaban J connectivity index is 2.37. The van der Waals surface area contributed by atoms with Gasteiger partial charge in [-0.25, -0.2) is 8.42 Å². The Morgan fingerprint density at radius 2 is 1.69 bits per heavy atom. The number of anilines is 1. The predicted molar refractivity (Wildman–Crippen MR) is 139 cm³/mol. The van der Waals surface area contributed by atoms with E-state index in [1.54, 1.807) is 44.4 Å². The first-order valence-corrected chi connectivity index (χ1v) is 13.6. The molecule has 0 aromatic heterocycles. The van der Waals surface area contributed by atoms with E-state index in [1.165, 1.54) is 4.90 Å². The van der Waals surface area contributed by atoms with Crippen LogP contribution in [0.15, 0.2) is 48.5 Å². The highest BCUT2D eigenvalue weighted by Gasteiger charge is 2.30. The number of methoxy groups -OCH3 is 1. The molecule has 0 saturated heterocycles. The third kappa shape index (κ3) is 8.28. The van der Waals surface area contributed by atoms with Gasteiger partial charge >= 0.3 is 0 Å². The second-order valence-corrected chi connectivity index (χ2v) is 10.9. The van der Waals surface area contributed by atoms with E-state index in [0.717, 1.165) is 28.1 Å². The summed E-state index contributed by atoms with van der Waals surface area (Å²) in [6.45, 7) is 7.80. The molecule has 0 unspecified atom stereocenters. The van der Waals surface area contributed by atoms with E-state index >= 15 is 0 Å². The Morgan fingerprint density at radius 1 is 1.03 bits per heavy atom. The smallest absolute Gasteiger partial charge is 0.244 e. The summed E-state index contributed by atoms with van der Waals surface area (Å²) in [5, 5.41) is 2.86. The van der Waals surface area contributed by atoms with Crippen molar-refractivity contribution in [1.29, 1.82) is 0 Å². The molecular weight excluding hydrogens is 466 g/mol. The van der Waals surface area contributed by atoms with Gasteiger partial charge in [0.05, 0.1) is 19.1 Å². The predicted octanol–water partition coefficient (Wildman–Crippen LogP) is 3.21. The minimum absolute atomic E-state index is 0.124. The number of carbonyl (C=O) groups is 2. The molecule has 0 aliphatic carbocycles. The lowest BCUT2D eigenvalue weighted by Crippen LogP contribution is -2.51. The van der Waals surface area contributed by atoms with E-state index in [-0.39, 0.29) is 18.4 Å². The lowest BCUT2D eigenvalue weighted by molar-refractivity contribution is -0.139. The van der Waals surface area contributed by atoms with Crippen LogP contribution in [0.2, 0.25) is 0 Å². The van der Waals surface area contributed by atoms with Gasteiger partial charge in [0.1, 0.15) is 18.3 Å². The van der Waals surface area contributed by atoms with E-state index < -0.39 is 28.5 Å².